The molecular weight excluding hydrogens is 224 g/mol. The highest BCUT2D eigenvalue weighted by molar-refractivity contribution is 5.86. The molecule has 0 aliphatic carbocycles. The maximum Gasteiger partial charge on any atom is 0.119 e. The van der Waals surface area contributed by atoms with Crippen molar-refractivity contribution >= 4 is 10.9 Å². The van der Waals surface area contributed by atoms with Crippen LogP contribution in [-0.2, 0) is 6.42 Å². The van der Waals surface area contributed by atoms with Gasteiger partial charge in [0.25, 0.3) is 0 Å². The summed E-state index contributed by atoms with van der Waals surface area (Å²) in [6.07, 6.45) is 3.70. The number of aromatic amines is 1. The van der Waals surface area contributed by atoms with Crippen LogP contribution in [0.25, 0.3) is 10.9 Å². The quantitative estimate of drug-likeness (QED) is 0.871. The summed E-state index contributed by atoms with van der Waals surface area (Å²) in [6.45, 7) is 3.33. The van der Waals surface area contributed by atoms with Crippen molar-refractivity contribution < 1.29 is 4.74 Å². The number of hydrogen-bond acceptors (Lipinski definition) is 2. The molecule has 0 unspecified atom stereocenters. The molecule has 3 heteroatoms. The number of rotatable bonds is 3. The van der Waals surface area contributed by atoms with Crippen molar-refractivity contribution in [2.45, 2.75) is 32.2 Å². The molecule has 1 aliphatic rings. The zero-order valence-corrected chi connectivity index (χ0v) is 11.0. The fraction of sp³-hybridized carbons (Fsp3) is 0.467. The predicted molar refractivity (Wildman–Crippen MR) is 74.3 cm³/mol. The molecule has 2 heterocycles. The molecule has 0 bridgehead atoms. The summed E-state index contributed by atoms with van der Waals surface area (Å²) in [4.78, 5) is 3.47. The van der Waals surface area contributed by atoms with Crippen LogP contribution in [0.2, 0.25) is 0 Å². The second kappa shape index (κ2) is 4.65. The first-order chi connectivity index (χ1) is 8.78. The van der Waals surface area contributed by atoms with Gasteiger partial charge in [-0.2, -0.15) is 0 Å². The topological polar surface area (TPSA) is 37.0 Å². The zero-order valence-electron chi connectivity index (χ0n) is 11.0. The molecule has 1 atom stereocenters. The van der Waals surface area contributed by atoms with Gasteiger partial charge in [0.05, 0.1) is 7.11 Å². The van der Waals surface area contributed by atoms with Crippen LogP contribution in [0.5, 0.6) is 5.75 Å². The Bertz CT molecular complexity index is 553. The van der Waals surface area contributed by atoms with Gasteiger partial charge in [-0.1, -0.05) is 0 Å². The van der Waals surface area contributed by atoms with Gasteiger partial charge in [0.15, 0.2) is 0 Å². The smallest absolute Gasteiger partial charge is 0.119 e. The second-order valence-corrected chi connectivity index (χ2v) is 5.14. The third-order valence-corrected chi connectivity index (χ3v) is 3.94. The Hall–Kier alpha value is -1.48. The highest BCUT2D eigenvalue weighted by Crippen LogP contribution is 2.28. The van der Waals surface area contributed by atoms with Gasteiger partial charge in [0.1, 0.15) is 5.75 Å². The van der Waals surface area contributed by atoms with Crippen molar-refractivity contribution in [2.24, 2.45) is 0 Å². The first-order valence-electron chi connectivity index (χ1n) is 6.66. The maximum atomic E-state index is 5.33. The Kier molecular flexibility index (Phi) is 3.00. The minimum atomic E-state index is 0.633. The van der Waals surface area contributed by atoms with Gasteiger partial charge in [-0.3, -0.25) is 0 Å². The lowest BCUT2D eigenvalue weighted by Gasteiger charge is -2.10. The average molecular weight is 244 g/mol. The number of fused-ring (bicyclic) bond motifs is 1. The molecule has 0 saturated carbocycles. The second-order valence-electron chi connectivity index (χ2n) is 5.14. The number of aromatic nitrogens is 1. The molecule has 1 saturated heterocycles. The van der Waals surface area contributed by atoms with Gasteiger partial charge in [-0.05, 0) is 56.5 Å². The number of ether oxygens (including phenoxy) is 1. The molecule has 3 rings (SSSR count). The molecule has 0 amide bonds. The Labute approximate surface area is 108 Å². The van der Waals surface area contributed by atoms with Gasteiger partial charge in [0, 0.05) is 22.6 Å². The van der Waals surface area contributed by atoms with Gasteiger partial charge in [0.2, 0.25) is 0 Å². The van der Waals surface area contributed by atoms with E-state index in [1.54, 1.807) is 7.11 Å². The van der Waals surface area contributed by atoms with E-state index in [2.05, 4.69) is 29.4 Å². The molecule has 1 aliphatic heterocycles. The highest BCUT2D eigenvalue weighted by Gasteiger charge is 2.18. The third kappa shape index (κ3) is 1.99. The molecule has 3 nitrogen and oxygen atoms in total. The number of methoxy groups -OCH3 is 1. The summed E-state index contributed by atoms with van der Waals surface area (Å²) < 4.78 is 5.33. The van der Waals surface area contributed by atoms with E-state index in [0.717, 1.165) is 18.7 Å². The Balaban J connectivity index is 2.00. The molecule has 18 heavy (non-hydrogen) atoms. The Morgan fingerprint density at radius 2 is 2.28 bits per heavy atom. The minimum absolute atomic E-state index is 0.633. The van der Waals surface area contributed by atoms with Gasteiger partial charge in [-0.25, -0.2) is 0 Å². The van der Waals surface area contributed by atoms with Crippen LogP contribution in [0.1, 0.15) is 24.1 Å². The van der Waals surface area contributed by atoms with E-state index in [1.807, 2.05) is 6.07 Å². The van der Waals surface area contributed by atoms with Crippen LogP contribution >= 0.6 is 0 Å². The normalized spacial score (nSPS) is 19.6. The first-order valence-corrected chi connectivity index (χ1v) is 6.66. The lowest BCUT2D eigenvalue weighted by Crippen LogP contribution is -2.23. The van der Waals surface area contributed by atoms with Crippen molar-refractivity contribution in [1.29, 1.82) is 0 Å². The van der Waals surface area contributed by atoms with E-state index < -0.39 is 0 Å². The number of nitrogens with one attached hydrogen (secondary N) is 2. The van der Waals surface area contributed by atoms with Gasteiger partial charge in [-0.15, -0.1) is 0 Å². The fourth-order valence-electron chi connectivity index (χ4n) is 2.93. The summed E-state index contributed by atoms with van der Waals surface area (Å²) in [5.74, 6) is 0.933. The predicted octanol–water partition coefficient (Wildman–Crippen LogP) is 2.78. The Morgan fingerprint density at radius 1 is 1.39 bits per heavy atom. The van der Waals surface area contributed by atoms with Crippen molar-refractivity contribution in [3.05, 3.63) is 29.5 Å². The van der Waals surface area contributed by atoms with Crippen LogP contribution in [0.4, 0.5) is 0 Å². The fourth-order valence-corrected chi connectivity index (χ4v) is 2.93. The van der Waals surface area contributed by atoms with Crippen LogP contribution in [0.3, 0.4) is 0 Å². The van der Waals surface area contributed by atoms with E-state index >= 15 is 0 Å². The van der Waals surface area contributed by atoms with Crippen LogP contribution in [0.15, 0.2) is 18.2 Å². The number of H-pyrrole nitrogens is 1. The van der Waals surface area contributed by atoms with Gasteiger partial charge >= 0.3 is 0 Å². The Morgan fingerprint density at radius 3 is 3.00 bits per heavy atom. The minimum Gasteiger partial charge on any atom is -0.497 e. The summed E-state index contributed by atoms with van der Waals surface area (Å²) in [5, 5.41) is 4.88. The zero-order chi connectivity index (χ0) is 12.5. The van der Waals surface area contributed by atoms with Crippen molar-refractivity contribution in [3.63, 3.8) is 0 Å². The molecular formula is C15H20N2O. The lowest BCUT2D eigenvalue weighted by molar-refractivity contribution is 0.415. The van der Waals surface area contributed by atoms with E-state index in [1.165, 1.54) is 35.0 Å². The largest absolute Gasteiger partial charge is 0.497 e. The summed E-state index contributed by atoms with van der Waals surface area (Å²) >= 11 is 0. The number of aryl methyl sites for hydroxylation is 1. The summed E-state index contributed by atoms with van der Waals surface area (Å²) in [7, 11) is 1.72. The average Bonchev–Trinajstić information content (AvgIpc) is 2.99. The van der Waals surface area contributed by atoms with Crippen molar-refractivity contribution in [2.75, 3.05) is 13.7 Å². The molecule has 2 aromatic rings. The van der Waals surface area contributed by atoms with Crippen LogP contribution < -0.4 is 10.1 Å². The molecule has 0 spiro atoms. The number of hydrogen-bond donors (Lipinski definition) is 2. The van der Waals surface area contributed by atoms with Crippen LogP contribution in [-0.4, -0.2) is 24.7 Å². The molecule has 1 aromatic heterocycles. The first kappa shape index (κ1) is 11.6. The van der Waals surface area contributed by atoms with Gasteiger partial charge < -0.3 is 15.0 Å². The van der Waals surface area contributed by atoms with E-state index in [4.69, 9.17) is 4.74 Å². The molecule has 0 radical (unpaired) electrons. The lowest BCUT2D eigenvalue weighted by atomic mass is 10.0. The van der Waals surface area contributed by atoms with E-state index in [9.17, 15) is 0 Å². The van der Waals surface area contributed by atoms with Crippen molar-refractivity contribution in [1.82, 2.24) is 10.3 Å². The highest BCUT2D eigenvalue weighted by atomic mass is 16.5. The molecule has 1 aromatic carbocycles. The summed E-state index contributed by atoms with van der Waals surface area (Å²) in [6, 6.07) is 6.89. The standard InChI is InChI=1S/C15H20N2O/c1-10-13(8-11-4-3-7-16-11)14-9-12(18-2)5-6-15(14)17-10/h5-6,9,11,16-17H,3-4,7-8H2,1-2H3/t11-/m0/s1. The molecule has 96 valence electrons. The third-order valence-electron chi connectivity index (χ3n) is 3.94. The SMILES string of the molecule is COc1ccc2[nH]c(C)c(C[C@@H]3CCCN3)c2c1. The van der Waals surface area contributed by atoms with E-state index in [-0.39, 0.29) is 0 Å². The molecule has 2 N–H and O–H groups in total. The summed E-state index contributed by atoms with van der Waals surface area (Å²) in [5.41, 5.74) is 3.93. The monoisotopic (exact) mass is 244 g/mol. The van der Waals surface area contributed by atoms with Crippen molar-refractivity contribution in [3.8, 4) is 5.75 Å². The van der Waals surface area contributed by atoms with E-state index in [0.29, 0.717) is 6.04 Å². The van der Waals surface area contributed by atoms with Crippen LogP contribution in [0, 0.1) is 6.92 Å². The molecule has 1 fully saturated rings. The maximum absolute atomic E-state index is 5.33. The number of benzene rings is 1.